The van der Waals surface area contributed by atoms with Gasteiger partial charge < -0.3 is 0 Å². The van der Waals surface area contributed by atoms with E-state index in [1.807, 2.05) is 0 Å². The SMILES string of the molecule is NNC(Cc1ccc(F)cc1F)c1ccc(Cl)cc1F. The Bertz CT molecular complexity index is 619. The molecule has 0 fully saturated rings. The van der Waals surface area contributed by atoms with Crippen LogP contribution < -0.4 is 11.3 Å². The third-order valence-electron chi connectivity index (χ3n) is 2.98. The topological polar surface area (TPSA) is 38.0 Å². The molecule has 3 N–H and O–H groups in total. The van der Waals surface area contributed by atoms with Crippen molar-refractivity contribution < 1.29 is 13.2 Å². The van der Waals surface area contributed by atoms with Gasteiger partial charge in [0.05, 0.1) is 6.04 Å². The van der Waals surface area contributed by atoms with E-state index in [0.717, 1.165) is 18.2 Å². The summed E-state index contributed by atoms with van der Waals surface area (Å²) in [6, 6.07) is 6.73. The van der Waals surface area contributed by atoms with E-state index in [9.17, 15) is 13.2 Å². The van der Waals surface area contributed by atoms with Gasteiger partial charge in [0.15, 0.2) is 0 Å². The van der Waals surface area contributed by atoms with Gasteiger partial charge in [-0.05, 0) is 30.2 Å². The normalized spacial score (nSPS) is 12.4. The van der Waals surface area contributed by atoms with Gasteiger partial charge >= 0.3 is 0 Å². The first-order valence-corrected chi connectivity index (χ1v) is 6.24. The molecule has 0 aliphatic carbocycles. The van der Waals surface area contributed by atoms with Crippen molar-refractivity contribution >= 4 is 11.6 Å². The maximum absolute atomic E-state index is 13.8. The quantitative estimate of drug-likeness (QED) is 0.670. The van der Waals surface area contributed by atoms with Crippen LogP contribution in [-0.4, -0.2) is 0 Å². The molecule has 0 heterocycles. The number of nitrogens with one attached hydrogen (secondary N) is 1. The second-order valence-electron chi connectivity index (χ2n) is 4.32. The smallest absolute Gasteiger partial charge is 0.129 e. The maximum Gasteiger partial charge on any atom is 0.129 e. The van der Waals surface area contributed by atoms with Crippen LogP contribution in [0.15, 0.2) is 36.4 Å². The fourth-order valence-electron chi connectivity index (χ4n) is 1.95. The van der Waals surface area contributed by atoms with Gasteiger partial charge in [-0.25, -0.2) is 13.2 Å². The molecule has 0 spiro atoms. The second-order valence-corrected chi connectivity index (χ2v) is 4.76. The van der Waals surface area contributed by atoms with Crippen LogP contribution in [0.1, 0.15) is 17.2 Å². The summed E-state index contributed by atoms with van der Waals surface area (Å²) in [4.78, 5) is 0. The van der Waals surface area contributed by atoms with Crippen molar-refractivity contribution in [3.05, 3.63) is 70.0 Å². The Kier molecular flexibility index (Phi) is 4.65. The molecule has 0 aliphatic heterocycles. The minimum atomic E-state index is -0.695. The highest BCUT2D eigenvalue weighted by molar-refractivity contribution is 6.30. The first-order chi connectivity index (χ1) is 9.51. The zero-order valence-corrected chi connectivity index (χ0v) is 11.1. The molecule has 0 bridgehead atoms. The summed E-state index contributed by atoms with van der Waals surface area (Å²) in [5, 5.41) is 0.259. The Labute approximate surface area is 119 Å². The van der Waals surface area contributed by atoms with Crippen molar-refractivity contribution in [3.8, 4) is 0 Å². The molecule has 2 aromatic rings. The van der Waals surface area contributed by atoms with Crippen LogP contribution in [0, 0.1) is 17.5 Å². The highest BCUT2D eigenvalue weighted by Crippen LogP contribution is 2.24. The summed E-state index contributed by atoms with van der Waals surface area (Å²) in [5.74, 6) is 3.49. The fraction of sp³-hybridized carbons (Fsp3) is 0.143. The van der Waals surface area contributed by atoms with Crippen molar-refractivity contribution in [2.45, 2.75) is 12.5 Å². The van der Waals surface area contributed by atoms with Crippen molar-refractivity contribution in [3.63, 3.8) is 0 Å². The molecule has 2 rings (SSSR count). The van der Waals surface area contributed by atoms with E-state index in [1.165, 1.54) is 18.2 Å². The lowest BCUT2D eigenvalue weighted by atomic mass is 9.98. The van der Waals surface area contributed by atoms with E-state index in [0.29, 0.717) is 0 Å². The molecule has 0 amide bonds. The number of benzene rings is 2. The molecule has 1 unspecified atom stereocenters. The fourth-order valence-corrected chi connectivity index (χ4v) is 2.11. The molecule has 2 aromatic carbocycles. The van der Waals surface area contributed by atoms with Crippen LogP contribution in [0.2, 0.25) is 5.02 Å². The van der Waals surface area contributed by atoms with Gasteiger partial charge in [-0.15, -0.1) is 0 Å². The number of hydrogen-bond acceptors (Lipinski definition) is 2. The number of hydrogen-bond donors (Lipinski definition) is 2. The molecule has 0 saturated heterocycles. The summed E-state index contributed by atoms with van der Waals surface area (Å²) in [6.45, 7) is 0. The predicted octanol–water partition coefficient (Wildman–Crippen LogP) is 3.50. The number of nitrogens with two attached hydrogens (primary N) is 1. The molecule has 0 saturated carbocycles. The first-order valence-electron chi connectivity index (χ1n) is 5.86. The number of hydrazine groups is 1. The first kappa shape index (κ1) is 14.8. The molecule has 20 heavy (non-hydrogen) atoms. The van der Waals surface area contributed by atoms with Crippen molar-refractivity contribution in [1.29, 1.82) is 0 Å². The predicted molar refractivity (Wildman–Crippen MR) is 71.5 cm³/mol. The van der Waals surface area contributed by atoms with Gasteiger partial charge in [-0.1, -0.05) is 23.7 Å². The average molecular weight is 301 g/mol. The van der Waals surface area contributed by atoms with Crippen molar-refractivity contribution in [1.82, 2.24) is 5.43 Å². The van der Waals surface area contributed by atoms with E-state index in [-0.39, 0.29) is 22.6 Å². The van der Waals surface area contributed by atoms with Gasteiger partial charge in [0, 0.05) is 16.7 Å². The van der Waals surface area contributed by atoms with Gasteiger partial charge in [0.2, 0.25) is 0 Å². The molecule has 106 valence electrons. The van der Waals surface area contributed by atoms with Gasteiger partial charge in [0.1, 0.15) is 17.5 Å². The molecule has 0 aromatic heterocycles. The molecule has 6 heteroatoms. The van der Waals surface area contributed by atoms with E-state index in [2.05, 4.69) is 5.43 Å². The van der Waals surface area contributed by atoms with Crippen LogP contribution in [0.25, 0.3) is 0 Å². The van der Waals surface area contributed by atoms with Gasteiger partial charge in [0.25, 0.3) is 0 Å². The third-order valence-corrected chi connectivity index (χ3v) is 3.21. The molecule has 1 atom stereocenters. The monoisotopic (exact) mass is 300 g/mol. The van der Waals surface area contributed by atoms with Crippen molar-refractivity contribution in [2.24, 2.45) is 5.84 Å². The molecular weight excluding hydrogens is 289 g/mol. The number of rotatable bonds is 4. The Balaban J connectivity index is 2.28. The Morgan fingerprint density at radius 1 is 1.05 bits per heavy atom. The Morgan fingerprint density at radius 3 is 2.40 bits per heavy atom. The molecule has 2 nitrogen and oxygen atoms in total. The maximum atomic E-state index is 13.8. The summed E-state index contributed by atoms with van der Waals surface area (Å²) in [5.41, 5.74) is 2.93. The summed E-state index contributed by atoms with van der Waals surface area (Å²) in [7, 11) is 0. The lowest BCUT2D eigenvalue weighted by Crippen LogP contribution is -2.30. The minimum absolute atomic E-state index is 0.0845. The number of halogens is 4. The standard InChI is InChI=1S/C14H12ClF3N2/c15-9-2-4-11(13(18)6-9)14(20-19)5-8-1-3-10(16)7-12(8)17/h1-4,6-7,14,20H,5,19H2. The summed E-state index contributed by atoms with van der Waals surface area (Å²) >= 11 is 5.67. The minimum Gasteiger partial charge on any atom is -0.271 e. The molecule has 0 radical (unpaired) electrons. The van der Waals surface area contributed by atoms with Crippen LogP contribution in [-0.2, 0) is 6.42 Å². The lowest BCUT2D eigenvalue weighted by molar-refractivity contribution is 0.495. The summed E-state index contributed by atoms with van der Waals surface area (Å²) < 4.78 is 40.3. The van der Waals surface area contributed by atoms with Crippen LogP contribution in [0.5, 0.6) is 0 Å². The Hall–Kier alpha value is -1.56. The van der Waals surface area contributed by atoms with Crippen LogP contribution in [0.3, 0.4) is 0 Å². The van der Waals surface area contributed by atoms with Crippen molar-refractivity contribution in [2.75, 3.05) is 0 Å². The average Bonchev–Trinajstić information content (AvgIpc) is 2.39. The summed E-state index contributed by atoms with van der Waals surface area (Å²) in [6.07, 6.45) is 0.0845. The van der Waals surface area contributed by atoms with Crippen LogP contribution >= 0.6 is 11.6 Å². The van der Waals surface area contributed by atoms with Crippen LogP contribution in [0.4, 0.5) is 13.2 Å². The third kappa shape index (κ3) is 3.30. The molecule has 0 aliphatic rings. The van der Waals surface area contributed by atoms with E-state index in [1.54, 1.807) is 0 Å². The zero-order chi connectivity index (χ0) is 14.7. The lowest BCUT2D eigenvalue weighted by Gasteiger charge is -2.17. The second kappa shape index (κ2) is 6.26. The molecular formula is C14H12ClF3N2. The zero-order valence-electron chi connectivity index (χ0n) is 10.3. The highest BCUT2D eigenvalue weighted by atomic mass is 35.5. The largest absolute Gasteiger partial charge is 0.271 e. The van der Waals surface area contributed by atoms with Gasteiger partial charge in [-0.3, -0.25) is 11.3 Å². The van der Waals surface area contributed by atoms with Gasteiger partial charge in [-0.2, -0.15) is 0 Å². The van der Waals surface area contributed by atoms with E-state index in [4.69, 9.17) is 17.4 Å². The van der Waals surface area contributed by atoms with E-state index >= 15 is 0 Å². The Morgan fingerprint density at radius 2 is 1.80 bits per heavy atom. The van der Waals surface area contributed by atoms with E-state index < -0.39 is 23.5 Å². The highest BCUT2D eigenvalue weighted by Gasteiger charge is 2.17.